The summed E-state index contributed by atoms with van der Waals surface area (Å²) in [6, 6.07) is 9.16. The second-order valence-corrected chi connectivity index (χ2v) is 8.98. The second kappa shape index (κ2) is 12.2. The van der Waals surface area contributed by atoms with E-state index in [4.69, 9.17) is 13.8 Å². The van der Waals surface area contributed by atoms with Crippen LogP contribution in [0.2, 0.25) is 0 Å². The molecule has 4 N–H and O–H groups in total. The van der Waals surface area contributed by atoms with Crippen molar-refractivity contribution in [3.63, 3.8) is 0 Å². The van der Waals surface area contributed by atoms with Gasteiger partial charge in [-0.2, -0.15) is 5.10 Å². The number of aromatic nitrogens is 2. The Bertz CT molecular complexity index is 1200. The molecule has 2 heterocycles. The fourth-order valence-corrected chi connectivity index (χ4v) is 4.16. The van der Waals surface area contributed by atoms with Crippen LogP contribution < -0.4 is 21.6 Å². The van der Waals surface area contributed by atoms with Crippen molar-refractivity contribution in [3.8, 4) is 0 Å². The van der Waals surface area contributed by atoms with Crippen LogP contribution in [0.5, 0.6) is 0 Å². The lowest BCUT2D eigenvalue weighted by molar-refractivity contribution is -0.232. The maximum Gasteiger partial charge on any atom is 0.330 e. The van der Waals surface area contributed by atoms with Crippen molar-refractivity contribution in [2.75, 3.05) is 18.6 Å². The molecule has 1 aliphatic rings. The van der Waals surface area contributed by atoms with Crippen LogP contribution in [-0.2, 0) is 18.3 Å². The molecule has 3 rings (SSSR count). The number of para-hydroxylation sites is 1. The Morgan fingerprint density at radius 2 is 2.14 bits per heavy atom. The Morgan fingerprint density at radius 1 is 1.40 bits per heavy atom. The summed E-state index contributed by atoms with van der Waals surface area (Å²) in [6.07, 6.45) is 0.737. The molecule has 1 aromatic carbocycles. The molecule has 0 bridgehead atoms. The van der Waals surface area contributed by atoms with Crippen LogP contribution in [0.15, 0.2) is 63.4 Å². The fourth-order valence-electron chi connectivity index (χ4n) is 3.21. The minimum Gasteiger partial charge on any atom is -0.756 e. The molecule has 0 amide bonds. The average Bonchev–Trinajstić information content (AvgIpc) is 3.22. The molecule has 190 valence electrons. The first kappa shape index (κ1) is 26.7. The van der Waals surface area contributed by atoms with Gasteiger partial charge in [0, 0.05) is 24.4 Å². The van der Waals surface area contributed by atoms with Gasteiger partial charge in [-0.3, -0.25) is 24.3 Å². The summed E-state index contributed by atoms with van der Waals surface area (Å²) < 4.78 is 28.6. The molecule has 35 heavy (non-hydrogen) atoms. The number of aliphatic hydroxyl groups is 2. The summed E-state index contributed by atoms with van der Waals surface area (Å²) in [5, 5.41) is 23.4. The van der Waals surface area contributed by atoms with Gasteiger partial charge in [-0.25, -0.2) is 4.79 Å². The minimum absolute atomic E-state index is 0.112. The van der Waals surface area contributed by atoms with Crippen LogP contribution >= 0.6 is 7.82 Å². The lowest BCUT2D eigenvalue weighted by Crippen LogP contribution is -2.33. The highest BCUT2D eigenvalue weighted by Crippen LogP contribution is 2.44. The highest BCUT2D eigenvalue weighted by Gasteiger charge is 2.39. The van der Waals surface area contributed by atoms with E-state index in [0.29, 0.717) is 0 Å². The van der Waals surface area contributed by atoms with Crippen LogP contribution in [0, 0.1) is 6.92 Å². The number of aliphatic hydroxyl groups excluding tert-OH is 2. The summed E-state index contributed by atoms with van der Waals surface area (Å²) in [5.74, 6) is 0. The van der Waals surface area contributed by atoms with E-state index >= 15 is 0 Å². The maximum absolute atomic E-state index is 12.3. The Labute approximate surface area is 199 Å². The molecule has 0 spiro atoms. The molecule has 5 atom stereocenters. The quantitative estimate of drug-likeness (QED) is 0.183. The minimum atomic E-state index is -4.90. The van der Waals surface area contributed by atoms with Crippen molar-refractivity contribution in [2.24, 2.45) is 5.10 Å². The number of anilines is 1. The van der Waals surface area contributed by atoms with E-state index < -0.39 is 56.8 Å². The van der Waals surface area contributed by atoms with Crippen LogP contribution in [0.3, 0.4) is 0 Å². The molecule has 0 radical (unpaired) electrons. The van der Waals surface area contributed by atoms with E-state index in [-0.39, 0.29) is 12.0 Å². The largest absolute Gasteiger partial charge is 0.756 e. The number of phosphoric acid groups is 1. The average molecular weight is 509 g/mol. The number of rotatable bonds is 11. The van der Waals surface area contributed by atoms with Crippen molar-refractivity contribution >= 4 is 19.7 Å². The van der Waals surface area contributed by atoms with Gasteiger partial charge in [0.2, 0.25) is 0 Å². The van der Waals surface area contributed by atoms with Gasteiger partial charge in [0.05, 0.1) is 31.1 Å². The number of H-pyrrole nitrogens is 1. The van der Waals surface area contributed by atoms with Gasteiger partial charge >= 0.3 is 5.69 Å². The Kier molecular flexibility index (Phi) is 9.29. The molecule has 1 fully saturated rings. The first-order chi connectivity index (χ1) is 16.7. The summed E-state index contributed by atoms with van der Waals surface area (Å²) >= 11 is 0. The third kappa shape index (κ3) is 7.80. The maximum atomic E-state index is 12.3. The number of phosphoric ester groups is 1. The van der Waals surface area contributed by atoms with Crippen molar-refractivity contribution in [1.82, 2.24) is 9.55 Å². The lowest BCUT2D eigenvalue weighted by Gasteiger charge is -2.28. The molecular formula is C21H26N4O9P-. The van der Waals surface area contributed by atoms with Gasteiger partial charge in [-0.15, -0.1) is 0 Å². The highest BCUT2D eigenvalue weighted by molar-refractivity contribution is 7.45. The van der Waals surface area contributed by atoms with Crippen LogP contribution in [0.25, 0.3) is 0 Å². The standard InChI is InChI=1S/C21H27N4O9P/c1-14-11-25(21(29)23-20(14)28)19-10-17(18(12-26)33-19)34-35(30,31)32-13-16(27)8-5-9-22-24-15-6-3-2-4-7-15/h2-9,11,16-19,24,26-27H,10,12-13H2,1H3,(H,30,31)(H,23,28,29)/p-1/b8-5-,22-9+/t16?,17-,18+,19+/m0/s1. The Hall–Kier alpha value is -2.90. The number of nitrogens with zero attached hydrogens (tertiary/aromatic N) is 2. The number of benzene rings is 1. The zero-order valence-corrected chi connectivity index (χ0v) is 19.6. The first-order valence-electron chi connectivity index (χ1n) is 10.6. The van der Waals surface area contributed by atoms with Gasteiger partial charge in [-0.05, 0) is 25.1 Å². The van der Waals surface area contributed by atoms with Gasteiger partial charge < -0.3 is 28.9 Å². The van der Waals surface area contributed by atoms with E-state index in [1.165, 1.54) is 31.5 Å². The first-order valence-corrected chi connectivity index (χ1v) is 12.1. The normalized spacial score (nSPS) is 23.0. The van der Waals surface area contributed by atoms with Crippen molar-refractivity contribution < 1.29 is 33.5 Å². The van der Waals surface area contributed by atoms with Crippen molar-refractivity contribution in [2.45, 2.75) is 37.9 Å². The smallest absolute Gasteiger partial charge is 0.330 e. The molecule has 1 saturated heterocycles. The molecule has 14 heteroatoms. The third-order valence-electron chi connectivity index (χ3n) is 4.95. The molecule has 1 aromatic heterocycles. The van der Waals surface area contributed by atoms with Gasteiger partial charge in [-0.1, -0.05) is 24.3 Å². The Morgan fingerprint density at radius 3 is 2.86 bits per heavy atom. The fraction of sp³-hybridized carbons (Fsp3) is 0.381. The van der Waals surface area contributed by atoms with Gasteiger partial charge in [0.25, 0.3) is 13.4 Å². The number of ether oxygens (including phenoxy) is 1. The summed E-state index contributed by atoms with van der Waals surface area (Å²) in [4.78, 5) is 38.0. The molecule has 0 aliphatic carbocycles. The molecule has 2 unspecified atom stereocenters. The van der Waals surface area contributed by atoms with Gasteiger partial charge in [0.15, 0.2) is 0 Å². The summed E-state index contributed by atoms with van der Waals surface area (Å²) in [7, 11) is -4.90. The van der Waals surface area contributed by atoms with E-state index in [2.05, 4.69) is 15.5 Å². The number of hydrogen-bond donors (Lipinski definition) is 4. The number of nitrogens with one attached hydrogen (secondary N) is 2. The molecule has 13 nitrogen and oxygen atoms in total. The molecule has 2 aromatic rings. The highest BCUT2D eigenvalue weighted by atomic mass is 31.2. The summed E-state index contributed by atoms with van der Waals surface area (Å²) in [5.41, 5.74) is 2.48. The lowest BCUT2D eigenvalue weighted by atomic mass is 10.2. The van der Waals surface area contributed by atoms with Crippen molar-refractivity contribution in [3.05, 3.63) is 75.1 Å². The van der Waals surface area contributed by atoms with Crippen LogP contribution in [0.1, 0.15) is 18.2 Å². The van der Waals surface area contributed by atoms with Crippen LogP contribution in [0.4, 0.5) is 5.69 Å². The van der Waals surface area contributed by atoms with Crippen LogP contribution in [-0.4, -0.2) is 57.5 Å². The number of hydrogen-bond acceptors (Lipinski definition) is 11. The molecular weight excluding hydrogens is 483 g/mol. The van der Waals surface area contributed by atoms with Crippen molar-refractivity contribution in [1.29, 1.82) is 0 Å². The topological polar surface area (TPSA) is 188 Å². The number of allylic oxidation sites excluding steroid dienone is 1. The predicted octanol–water partition coefficient (Wildman–Crippen LogP) is 0.0100. The number of hydrazone groups is 1. The molecule has 1 aliphatic heterocycles. The number of aromatic amines is 1. The van der Waals surface area contributed by atoms with Gasteiger partial charge in [0.1, 0.15) is 12.3 Å². The third-order valence-corrected chi connectivity index (χ3v) is 5.94. The molecule has 0 saturated carbocycles. The number of aryl methyl sites for hydroxylation is 1. The zero-order chi connectivity index (χ0) is 25.4. The summed E-state index contributed by atoms with van der Waals surface area (Å²) in [6.45, 7) is 0.295. The predicted molar refractivity (Wildman–Crippen MR) is 124 cm³/mol. The van der Waals surface area contributed by atoms with E-state index in [1.54, 1.807) is 0 Å². The monoisotopic (exact) mass is 509 g/mol. The Balaban J connectivity index is 1.51. The van der Waals surface area contributed by atoms with E-state index in [0.717, 1.165) is 10.3 Å². The SMILES string of the molecule is Cc1cn([C@H]2C[C@H](OP(=O)([O-])OCC(O)/C=C\C=N\Nc3ccccc3)[C@@H](CO)O2)c(=O)[nH]c1=O. The van der Waals surface area contributed by atoms with E-state index in [9.17, 15) is 29.3 Å². The van der Waals surface area contributed by atoms with E-state index in [1.807, 2.05) is 30.3 Å². The second-order valence-electron chi connectivity index (χ2n) is 7.62. The zero-order valence-electron chi connectivity index (χ0n) is 18.7.